The molecule has 1 N–H and O–H groups in total. The molecule has 1 saturated carbocycles. The lowest BCUT2D eigenvalue weighted by Crippen LogP contribution is -2.16. The highest BCUT2D eigenvalue weighted by Gasteiger charge is 2.17. The van der Waals surface area contributed by atoms with E-state index in [-0.39, 0.29) is 0 Å². The fourth-order valence-electron chi connectivity index (χ4n) is 2.48. The van der Waals surface area contributed by atoms with Crippen molar-refractivity contribution >= 4 is 17.3 Å². The summed E-state index contributed by atoms with van der Waals surface area (Å²) in [6.07, 6.45) is 8.24. The van der Waals surface area contributed by atoms with E-state index in [0.717, 1.165) is 11.4 Å². The molecule has 2 aromatic rings. The molecule has 0 unspecified atom stereocenters. The average molecular weight is 263 g/mol. The second-order valence-electron chi connectivity index (χ2n) is 4.60. The van der Waals surface area contributed by atoms with Crippen molar-refractivity contribution in [3.63, 3.8) is 0 Å². The lowest BCUT2D eigenvalue weighted by Gasteiger charge is -2.17. The summed E-state index contributed by atoms with van der Waals surface area (Å²) in [6, 6.07) is 6.42. The van der Waals surface area contributed by atoms with Gasteiger partial charge in [0.15, 0.2) is 0 Å². The lowest BCUT2D eigenvalue weighted by atomic mass is 10.2. The van der Waals surface area contributed by atoms with Crippen molar-refractivity contribution in [3.05, 3.63) is 35.9 Å². The second kappa shape index (κ2) is 4.98. The number of hydrogen-bond donors (Lipinski definition) is 1. The summed E-state index contributed by atoms with van der Waals surface area (Å²) in [4.78, 5) is 3.98. The van der Waals surface area contributed by atoms with Gasteiger partial charge in [-0.1, -0.05) is 30.5 Å². The summed E-state index contributed by atoms with van der Waals surface area (Å²) in [5, 5.41) is 8.41. The van der Waals surface area contributed by atoms with Crippen molar-refractivity contribution in [2.75, 3.05) is 5.32 Å². The van der Waals surface area contributed by atoms with Crippen LogP contribution in [0.25, 0.3) is 5.69 Å². The molecule has 0 saturated heterocycles. The van der Waals surface area contributed by atoms with Gasteiger partial charge in [-0.05, 0) is 25.0 Å². The molecule has 0 aliphatic heterocycles. The van der Waals surface area contributed by atoms with Crippen LogP contribution in [0.1, 0.15) is 25.7 Å². The highest BCUT2D eigenvalue weighted by Crippen LogP contribution is 2.30. The Morgan fingerprint density at radius 3 is 2.83 bits per heavy atom. The smallest absolute Gasteiger partial charge is 0.138 e. The van der Waals surface area contributed by atoms with Crippen LogP contribution in [0.3, 0.4) is 0 Å². The predicted octanol–water partition coefficient (Wildman–Crippen LogP) is 3.28. The number of halogens is 1. The number of para-hydroxylation sites is 1. The fraction of sp³-hybridized carbons (Fsp3) is 0.385. The molecular weight excluding hydrogens is 248 g/mol. The Hall–Kier alpha value is -1.55. The van der Waals surface area contributed by atoms with Crippen LogP contribution in [0.5, 0.6) is 0 Å². The molecule has 3 rings (SSSR count). The van der Waals surface area contributed by atoms with Gasteiger partial charge < -0.3 is 5.32 Å². The van der Waals surface area contributed by atoms with Crippen molar-refractivity contribution in [2.24, 2.45) is 0 Å². The Morgan fingerprint density at radius 1 is 1.28 bits per heavy atom. The topological polar surface area (TPSA) is 42.7 Å². The van der Waals surface area contributed by atoms with Crippen molar-refractivity contribution in [1.29, 1.82) is 0 Å². The van der Waals surface area contributed by atoms with E-state index in [1.807, 2.05) is 18.2 Å². The van der Waals surface area contributed by atoms with E-state index < -0.39 is 0 Å². The Kier molecular flexibility index (Phi) is 3.19. The van der Waals surface area contributed by atoms with Crippen LogP contribution >= 0.6 is 11.6 Å². The maximum atomic E-state index is 6.28. The molecule has 1 aliphatic carbocycles. The van der Waals surface area contributed by atoms with Crippen LogP contribution < -0.4 is 5.32 Å². The minimum absolute atomic E-state index is 0.547. The third-order valence-corrected chi connectivity index (χ3v) is 3.65. The number of nitrogens with zero attached hydrogens (tertiary/aromatic N) is 3. The molecule has 4 nitrogen and oxygen atoms in total. The SMILES string of the molecule is Clc1cccc(NC2CCCC2)c1-n1cncn1. The monoisotopic (exact) mass is 262 g/mol. The van der Waals surface area contributed by atoms with E-state index in [9.17, 15) is 0 Å². The van der Waals surface area contributed by atoms with Crippen LogP contribution in [-0.4, -0.2) is 20.8 Å². The Morgan fingerprint density at radius 2 is 2.11 bits per heavy atom. The average Bonchev–Trinajstić information content (AvgIpc) is 3.01. The van der Waals surface area contributed by atoms with Gasteiger partial charge in [0.05, 0.1) is 10.7 Å². The van der Waals surface area contributed by atoms with Crippen LogP contribution in [0.15, 0.2) is 30.9 Å². The normalized spacial score (nSPS) is 16.1. The first-order valence-corrected chi connectivity index (χ1v) is 6.62. The van der Waals surface area contributed by atoms with Crippen LogP contribution in [0.4, 0.5) is 5.69 Å². The van der Waals surface area contributed by atoms with Gasteiger partial charge in [-0.2, -0.15) is 5.10 Å². The summed E-state index contributed by atoms with van der Waals surface area (Å²) in [7, 11) is 0. The number of hydrogen-bond acceptors (Lipinski definition) is 3. The summed E-state index contributed by atoms with van der Waals surface area (Å²) >= 11 is 6.28. The maximum absolute atomic E-state index is 6.28. The minimum Gasteiger partial charge on any atom is -0.381 e. The molecule has 1 fully saturated rings. The standard InChI is InChI=1S/C13H15ClN4/c14-11-6-3-7-12(17-10-4-1-2-5-10)13(11)18-9-15-8-16-18/h3,6-10,17H,1-2,4-5H2. The molecule has 5 heteroatoms. The summed E-state index contributed by atoms with van der Waals surface area (Å²) in [6.45, 7) is 0. The van der Waals surface area contributed by atoms with Gasteiger partial charge in [0.25, 0.3) is 0 Å². The van der Waals surface area contributed by atoms with E-state index in [4.69, 9.17) is 11.6 Å². The number of benzene rings is 1. The molecule has 1 aromatic heterocycles. The molecule has 1 aromatic carbocycles. The number of nitrogens with one attached hydrogen (secondary N) is 1. The molecule has 0 atom stereocenters. The third-order valence-electron chi connectivity index (χ3n) is 3.35. The first-order valence-electron chi connectivity index (χ1n) is 6.24. The van der Waals surface area contributed by atoms with Gasteiger partial charge in [0, 0.05) is 6.04 Å². The van der Waals surface area contributed by atoms with E-state index in [0.29, 0.717) is 11.1 Å². The Labute approximate surface area is 111 Å². The molecule has 0 bridgehead atoms. The van der Waals surface area contributed by atoms with Gasteiger partial charge in [-0.25, -0.2) is 9.67 Å². The zero-order valence-corrected chi connectivity index (χ0v) is 10.8. The van der Waals surface area contributed by atoms with Crippen molar-refractivity contribution in [2.45, 2.75) is 31.7 Å². The molecule has 0 amide bonds. The van der Waals surface area contributed by atoms with Crippen LogP contribution in [0.2, 0.25) is 5.02 Å². The Bertz CT molecular complexity index is 518. The maximum Gasteiger partial charge on any atom is 0.138 e. The highest BCUT2D eigenvalue weighted by molar-refractivity contribution is 6.33. The van der Waals surface area contributed by atoms with E-state index in [2.05, 4.69) is 15.4 Å². The van der Waals surface area contributed by atoms with E-state index >= 15 is 0 Å². The lowest BCUT2D eigenvalue weighted by molar-refractivity contribution is 0.751. The van der Waals surface area contributed by atoms with Gasteiger partial charge in [0.2, 0.25) is 0 Å². The van der Waals surface area contributed by atoms with Crippen molar-refractivity contribution in [3.8, 4) is 5.69 Å². The zero-order valence-electron chi connectivity index (χ0n) is 10.0. The second-order valence-corrected chi connectivity index (χ2v) is 5.01. The molecule has 1 aliphatic rings. The summed E-state index contributed by atoms with van der Waals surface area (Å²) < 4.78 is 1.71. The Balaban J connectivity index is 1.95. The van der Waals surface area contributed by atoms with E-state index in [1.54, 1.807) is 11.0 Å². The van der Waals surface area contributed by atoms with E-state index in [1.165, 1.54) is 32.0 Å². The fourth-order valence-corrected chi connectivity index (χ4v) is 2.74. The quantitative estimate of drug-likeness (QED) is 0.923. The molecule has 1 heterocycles. The van der Waals surface area contributed by atoms with Crippen molar-refractivity contribution in [1.82, 2.24) is 14.8 Å². The molecule has 18 heavy (non-hydrogen) atoms. The first kappa shape index (κ1) is 11.5. The molecular formula is C13H15ClN4. The number of aromatic nitrogens is 3. The van der Waals surface area contributed by atoms with Gasteiger partial charge in [-0.15, -0.1) is 0 Å². The van der Waals surface area contributed by atoms with Crippen molar-refractivity contribution < 1.29 is 0 Å². The summed E-state index contributed by atoms with van der Waals surface area (Å²) in [5.74, 6) is 0. The van der Waals surface area contributed by atoms with Crippen LogP contribution in [-0.2, 0) is 0 Å². The third kappa shape index (κ3) is 2.20. The van der Waals surface area contributed by atoms with Gasteiger partial charge in [-0.3, -0.25) is 0 Å². The van der Waals surface area contributed by atoms with Gasteiger partial charge in [0.1, 0.15) is 18.3 Å². The summed E-state index contributed by atoms with van der Waals surface area (Å²) in [5.41, 5.74) is 1.91. The number of rotatable bonds is 3. The highest BCUT2D eigenvalue weighted by atomic mass is 35.5. The first-order chi connectivity index (χ1) is 8.84. The largest absolute Gasteiger partial charge is 0.381 e. The van der Waals surface area contributed by atoms with Crippen LogP contribution in [0, 0.1) is 0 Å². The molecule has 94 valence electrons. The molecule has 0 radical (unpaired) electrons. The zero-order chi connectivity index (χ0) is 12.4. The van der Waals surface area contributed by atoms with Gasteiger partial charge >= 0.3 is 0 Å². The molecule has 0 spiro atoms. The predicted molar refractivity (Wildman–Crippen MR) is 72.2 cm³/mol. The number of anilines is 1. The minimum atomic E-state index is 0.547.